The van der Waals surface area contributed by atoms with Crippen molar-refractivity contribution >= 4 is 34.5 Å². The molecule has 1 amide bonds. The Morgan fingerprint density at radius 1 is 1.00 bits per heavy atom. The molecule has 0 aromatic carbocycles. The molecule has 0 aliphatic carbocycles. The molecule has 0 aromatic rings. The second kappa shape index (κ2) is 8.44. The third kappa shape index (κ3) is 10.9. The highest BCUT2D eigenvalue weighted by Gasteiger charge is 2.29. The fourth-order valence-corrected chi connectivity index (χ4v) is 3.09. The summed E-state index contributed by atoms with van der Waals surface area (Å²) in [5.74, 6) is -1.31. The van der Waals surface area contributed by atoms with Crippen LogP contribution in [-0.2, 0) is 23.2 Å². The molecule has 0 heterocycles. The first kappa shape index (κ1) is 21.6. The fraction of sp³-hybridized carbons (Fsp3) is 0.667. The van der Waals surface area contributed by atoms with Gasteiger partial charge < -0.3 is 14.2 Å². The molecule has 8 heteroatoms. The van der Waals surface area contributed by atoms with E-state index in [1.54, 1.807) is 6.92 Å². The molecule has 0 spiro atoms. The van der Waals surface area contributed by atoms with Gasteiger partial charge in [0.15, 0.2) is 0 Å². The first-order valence-corrected chi connectivity index (χ1v) is 14.4. The molecule has 0 aromatic heterocycles. The smallest absolute Gasteiger partial charge is 0.315 e. The van der Waals surface area contributed by atoms with E-state index in [0.29, 0.717) is 5.57 Å². The quantitative estimate of drug-likeness (QED) is 0.532. The molecule has 0 aliphatic rings. The third-order valence-corrected chi connectivity index (χ3v) is 4.09. The zero-order valence-corrected chi connectivity index (χ0v) is 17.2. The lowest BCUT2D eigenvalue weighted by Crippen LogP contribution is -2.46. The van der Waals surface area contributed by atoms with E-state index in [-0.39, 0.29) is 18.8 Å². The molecule has 1 atom stereocenters. The van der Waals surface area contributed by atoms with E-state index in [9.17, 15) is 14.4 Å². The molecular weight excluding hydrogens is 330 g/mol. The molecule has 23 heavy (non-hydrogen) atoms. The highest BCUT2D eigenvalue weighted by molar-refractivity contribution is 6.71. The van der Waals surface area contributed by atoms with Crippen molar-refractivity contribution in [1.82, 2.24) is 5.32 Å². The summed E-state index contributed by atoms with van der Waals surface area (Å²) in [6.45, 7) is 16.4. The van der Waals surface area contributed by atoms with Gasteiger partial charge in [0, 0.05) is 12.0 Å². The number of hydrogen-bond acceptors (Lipinski definition) is 5. The summed E-state index contributed by atoms with van der Waals surface area (Å²) < 4.78 is 10.8. The van der Waals surface area contributed by atoms with Crippen LogP contribution in [-0.4, -0.2) is 40.5 Å². The fourth-order valence-electron chi connectivity index (χ4n) is 1.56. The SMILES string of the molecule is C=C(C)C(=O)N[C@@H](CCC(=O)O[Si](C)(C)C)C(=O)O[Si](C)(C)C. The lowest BCUT2D eigenvalue weighted by molar-refractivity contribution is -0.140. The van der Waals surface area contributed by atoms with Gasteiger partial charge in [0.05, 0.1) is 0 Å². The average molecular weight is 360 g/mol. The van der Waals surface area contributed by atoms with E-state index in [2.05, 4.69) is 11.9 Å². The molecule has 0 radical (unpaired) electrons. The van der Waals surface area contributed by atoms with Crippen molar-refractivity contribution < 1.29 is 23.2 Å². The van der Waals surface area contributed by atoms with E-state index in [0.717, 1.165) is 0 Å². The van der Waals surface area contributed by atoms with Gasteiger partial charge in [-0.3, -0.25) is 14.4 Å². The molecule has 1 N–H and O–H groups in total. The molecule has 0 saturated carbocycles. The maximum atomic E-state index is 12.2. The van der Waals surface area contributed by atoms with Crippen LogP contribution in [0.2, 0.25) is 39.3 Å². The number of nitrogens with one attached hydrogen (secondary N) is 1. The Bertz CT molecular complexity index is 477. The van der Waals surface area contributed by atoms with Gasteiger partial charge in [-0.05, 0) is 52.6 Å². The minimum atomic E-state index is -2.09. The van der Waals surface area contributed by atoms with E-state index < -0.39 is 34.6 Å². The van der Waals surface area contributed by atoms with Crippen LogP contribution in [0.4, 0.5) is 0 Å². The van der Waals surface area contributed by atoms with E-state index >= 15 is 0 Å². The molecule has 0 fully saturated rings. The minimum absolute atomic E-state index is 0.0478. The number of carbonyl (C=O) groups is 3. The first-order valence-electron chi connectivity index (χ1n) is 7.62. The molecular formula is C15H29NO5Si2. The van der Waals surface area contributed by atoms with Gasteiger partial charge in [-0.15, -0.1) is 0 Å². The maximum Gasteiger partial charge on any atom is 0.315 e. The van der Waals surface area contributed by atoms with Crippen molar-refractivity contribution in [1.29, 1.82) is 0 Å². The Hall–Kier alpha value is -1.42. The zero-order valence-electron chi connectivity index (χ0n) is 15.2. The zero-order chi connectivity index (χ0) is 18.4. The molecule has 0 rings (SSSR count). The van der Waals surface area contributed by atoms with Gasteiger partial charge in [0.1, 0.15) is 6.04 Å². The van der Waals surface area contributed by atoms with Crippen molar-refractivity contribution in [3.8, 4) is 0 Å². The van der Waals surface area contributed by atoms with Crippen LogP contribution in [0, 0.1) is 0 Å². The number of carbonyl (C=O) groups excluding carboxylic acids is 3. The Labute approximate surface area is 140 Å². The van der Waals surface area contributed by atoms with E-state index in [1.807, 2.05) is 39.3 Å². The van der Waals surface area contributed by atoms with Crippen LogP contribution in [0.15, 0.2) is 12.2 Å². The normalized spacial score (nSPS) is 13.0. The van der Waals surface area contributed by atoms with Crippen LogP contribution < -0.4 is 5.32 Å². The van der Waals surface area contributed by atoms with Crippen LogP contribution >= 0.6 is 0 Å². The molecule has 0 bridgehead atoms. The summed E-state index contributed by atoms with van der Waals surface area (Å²) >= 11 is 0. The highest BCUT2D eigenvalue weighted by atomic mass is 28.4. The van der Waals surface area contributed by atoms with Crippen LogP contribution in [0.5, 0.6) is 0 Å². The summed E-state index contributed by atoms with van der Waals surface area (Å²) in [6, 6.07) is -0.875. The standard InChI is InChI=1S/C15H29NO5Si2/c1-11(2)14(18)16-12(15(19)21-23(6,7)8)9-10-13(17)20-22(3,4)5/h12H,1,9-10H2,2-8H3,(H,16,18)/t12-/m0/s1. The van der Waals surface area contributed by atoms with Crippen LogP contribution in [0.1, 0.15) is 19.8 Å². The Morgan fingerprint density at radius 3 is 1.87 bits per heavy atom. The largest absolute Gasteiger partial charge is 0.520 e. The Morgan fingerprint density at radius 2 is 1.48 bits per heavy atom. The van der Waals surface area contributed by atoms with Crippen molar-refractivity contribution in [3.05, 3.63) is 12.2 Å². The number of amides is 1. The Balaban J connectivity index is 4.85. The maximum absolute atomic E-state index is 12.2. The van der Waals surface area contributed by atoms with E-state index in [4.69, 9.17) is 8.85 Å². The van der Waals surface area contributed by atoms with Crippen molar-refractivity contribution in [2.24, 2.45) is 0 Å². The molecule has 0 saturated heterocycles. The molecule has 132 valence electrons. The summed E-state index contributed by atoms with van der Waals surface area (Å²) in [5.41, 5.74) is 0.292. The summed E-state index contributed by atoms with van der Waals surface area (Å²) in [5, 5.41) is 2.57. The topological polar surface area (TPSA) is 81.7 Å². The van der Waals surface area contributed by atoms with Gasteiger partial charge in [-0.25, -0.2) is 0 Å². The van der Waals surface area contributed by atoms with Crippen molar-refractivity contribution in [2.45, 2.75) is 65.1 Å². The third-order valence-electron chi connectivity index (χ3n) is 2.44. The van der Waals surface area contributed by atoms with Gasteiger partial charge >= 0.3 is 5.97 Å². The predicted octanol–water partition coefficient (Wildman–Crippen LogP) is 2.58. The average Bonchev–Trinajstić information content (AvgIpc) is 2.29. The van der Waals surface area contributed by atoms with Crippen molar-refractivity contribution in [2.75, 3.05) is 0 Å². The summed E-state index contributed by atoms with van der Waals surface area (Å²) in [7, 11) is -4.06. The molecule has 0 unspecified atom stereocenters. The molecule has 6 nitrogen and oxygen atoms in total. The van der Waals surface area contributed by atoms with Crippen LogP contribution in [0.3, 0.4) is 0 Å². The predicted molar refractivity (Wildman–Crippen MR) is 94.9 cm³/mol. The van der Waals surface area contributed by atoms with Crippen molar-refractivity contribution in [3.63, 3.8) is 0 Å². The van der Waals surface area contributed by atoms with Gasteiger partial charge in [0.2, 0.25) is 22.5 Å². The highest BCUT2D eigenvalue weighted by Crippen LogP contribution is 2.11. The van der Waals surface area contributed by atoms with Gasteiger partial charge in [0.25, 0.3) is 5.97 Å². The van der Waals surface area contributed by atoms with Crippen LogP contribution in [0.25, 0.3) is 0 Å². The first-order chi connectivity index (χ1) is 10.2. The minimum Gasteiger partial charge on any atom is -0.520 e. The van der Waals surface area contributed by atoms with E-state index in [1.165, 1.54) is 0 Å². The summed E-state index contributed by atoms with van der Waals surface area (Å²) in [4.78, 5) is 35.8. The molecule has 0 aliphatic heterocycles. The monoisotopic (exact) mass is 359 g/mol. The second-order valence-electron chi connectivity index (χ2n) is 7.46. The lowest BCUT2D eigenvalue weighted by atomic mass is 10.1. The summed E-state index contributed by atoms with van der Waals surface area (Å²) in [6.07, 6.45) is 0.192. The second-order valence-corrected chi connectivity index (χ2v) is 16.3. The van der Waals surface area contributed by atoms with Gasteiger partial charge in [-0.2, -0.15) is 0 Å². The number of rotatable bonds is 8. The van der Waals surface area contributed by atoms with Gasteiger partial charge in [-0.1, -0.05) is 6.58 Å². The lowest BCUT2D eigenvalue weighted by Gasteiger charge is -2.24. The number of hydrogen-bond donors (Lipinski definition) is 1. The Kier molecular flexibility index (Phi) is 7.92.